The van der Waals surface area contributed by atoms with Crippen molar-refractivity contribution in [2.24, 2.45) is 7.05 Å². The lowest BCUT2D eigenvalue weighted by Gasteiger charge is -2.01. The van der Waals surface area contributed by atoms with E-state index in [2.05, 4.69) is 0 Å². The summed E-state index contributed by atoms with van der Waals surface area (Å²) in [6.45, 7) is 0. The molecular formula is C10H9F2NO. The van der Waals surface area contributed by atoms with E-state index in [1.54, 1.807) is 19.2 Å². The third-order valence-electron chi connectivity index (χ3n) is 2.32. The van der Waals surface area contributed by atoms with Gasteiger partial charge in [0.05, 0.1) is 11.2 Å². The van der Waals surface area contributed by atoms with Crippen LogP contribution in [0.25, 0.3) is 10.9 Å². The zero-order valence-corrected chi connectivity index (χ0v) is 7.54. The molecule has 1 heterocycles. The molecule has 0 amide bonds. The molecule has 2 aromatic rings. The van der Waals surface area contributed by atoms with Crippen molar-refractivity contribution in [1.82, 2.24) is 4.57 Å². The van der Waals surface area contributed by atoms with E-state index in [0.717, 1.165) is 0 Å². The Hall–Kier alpha value is -1.58. The minimum atomic E-state index is -2.52. The Morgan fingerprint density at radius 2 is 2.07 bits per heavy atom. The van der Waals surface area contributed by atoms with Crippen LogP contribution >= 0.6 is 0 Å². The molecule has 0 fully saturated rings. The van der Waals surface area contributed by atoms with Crippen molar-refractivity contribution in [2.75, 3.05) is 0 Å². The number of aryl methyl sites for hydroxylation is 1. The summed E-state index contributed by atoms with van der Waals surface area (Å²) in [5.41, 5.74) is 0.529. The quantitative estimate of drug-likeness (QED) is 0.747. The molecule has 74 valence electrons. The van der Waals surface area contributed by atoms with Crippen LogP contribution < -0.4 is 0 Å². The molecule has 1 aromatic carbocycles. The maximum absolute atomic E-state index is 12.5. The first-order valence-electron chi connectivity index (χ1n) is 4.16. The first-order valence-corrected chi connectivity index (χ1v) is 4.16. The molecule has 1 aromatic heterocycles. The van der Waals surface area contributed by atoms with Gasteiger partial charge in [-0.15, -0.1) is 0 Å². The lowest BCUT2D eigenvalue weighted by atomic mass is 10.2. The second-order valence-electron chi connectivity index (χ2n) is 3.14. The fourth-order valence-electron chi connectivity index (χ4n) is 1.57. The number of benzene rings is 1. The Kier molecular flexibility index (Phi) is 1.91. The first kappa shape index (κ1) is 8.99. The van der Waals surface area contributed by atoms with Gasteiger partial charge in [0.1, 0.15) is 5.75 Å². The summed E-state index contributed by atoms with van der Waals surface area (Å²) in [7, 11) is 1.56. The van der Waals surface area contributed by atoms with Gasteiger partial charge in [-0.2, -0.15) is 0 Å². The minimum absolute atomic E-state index is 0.0324. The Labute approximate surface area is 79.4 Å². The van der Waals surface area contributed by atoms with Crippen molar-refractivity contribution in [2.45, 2.75) is 6.43 Å². The number of alkyl halides is 2. The van der Waals surface area contributed by atoms with Gasteiger partial charge in [-0.1, -0.05) is 6.07 Å². The normalized spacial score (nSPS) is 11.4. The van der Waals surface area contributed by atoms with Gasteiger partial charge >= 0.3 is 0 Å². The summed E-state index contributed by atoms with van der Waals surface area (Å²) in [6, 6.07) is 6.13. The van der Waals surface area contributed by atoms with E-state index in [9.17, 15) is 13.9 Å². The lowest BCUT2D eigenvalue weighted by Crippen LogP contribution is -1.95. The van der Waals surface area contributed by atoms with E-state index >= 15 is 0 Å². The average molecular weight is 197 g/mol. The smallest absolute Gasteiger partial charge is 0.278 e. The number of nitrogens with zero attached hydrogens (tertiary/aromatic N) is 1. The van der Waals surface area contributed by atoms with E-state index in [0.29, 0.717) is 10.9 Å². The number of phenols is 1. The highest BCUT2D eigenvalue weighted by atomic mass is 19.3. The molecule has 0 bridgehead atoms. The number of hydrogen-bond acceptors (Lipinski definition) is 1. The molecule has 1 N–H and O–H groups in total. The van der Waals surface area contributed by atoms with Gasteiger partial charge in [-0.25, -0.2) is 8.78 Å². The summed E-state index contributed by atoms with van der Waals surface area (Å²) in [5.74, 6) is 0.0324. The third-order valence-corrected chi connectivity index (χ3v) is 2.32. The summed E-state index contributed by atoms with van der Waals surface area (Å²) in [6.07, 6.45) is -2.52. The minimum Gasteiger partial charge on any atom is -0.507 e. The number of fused-ring (bicyclic) bond motifs is 1. The van der Waals surface area contributed by atoms with Crippen molar-refractivity contribution < 1.29 is 13.9 Å². The SMILES string of the molecule is Cn1c(C(F)F)cc2c(O)cccc21. The van der Waals surface area contributed by atoms with Gasteiger partial charge in [0.25, 0.3) is 6.43 Å². The van der Waals surface area contributed by atoms with Crippen LogP contribution in [0.15, 0.2) is 24.3 Å². The van der Waals surface area contributed by atoms with Crippen molar-refractivity contribution in [3.05, 3.63) is 30.0 Å². The van der Waals surface area contributed by atoms with Gasteiger partial charge in [0.15, 0.2) is 0 Å². The van der Waals surface area contributed by atoms with Crippen LogP contribution in [0.1, 0.15) is 12.1 Å². The largest absolute Gasteiger partial charge is 0.507 e. The van der Waals surface area contributed by atoms with Crippen LogP contribution in [0.5, 0.6) is 5.75 Å². The molecule has 0 saturated heterocycles. The van der Waals surface area contributed by atoms with Crippen molar-refractivity contribution in [3.63, 3.8) is 0 Å². The standard InChI is InChI=1S/C10H9F2NO/c1-13-7-3-2-4-9(14)6(7)5-8(13)10(11)12/h2-5,10,14H,1H3. The van der Waals surface area contributed by atoms with Crippen LogP contribution in [0, 0.1) is 0 Å². The van der Waals surface area contributed by atoms with Gasteiger partial charge < -0.3 is 9.67 Å². The zero-order valence-electron chi connectivity index (χ0n) is 7.54. The molecule has 2 rings (SSSR count). The molecule has 0 atom stereocenters. The topological polar surface area (TPSA) is 25.2 Å². The predicted molar refractivity (Wildman–Crippen MR) is 49.5 cm³/mol. The molecular weight excluding hydrogens is 188 g/mol. The molecule has 2 nitrogen and oxygen atoms in total. The Bertz CT molecular complexity index is 476. The maximum atomic E-state index is 12.5. The van der Waals surface area contributed by atoms with Crippen LogP contribution in [-0.2, 0) is 7.05 Å². The van der Waals surface area contributed by atoms with E-state index < -0.39 is 6.43 Å². The van der Waals surface area contributed by atoms with Crippen LogP contribution in [-0.4, -0.2) is 9.67 Å². The maximum Gasteiger partial charge on any atom is 0.278 e. The van der Waals surface area contributed by atoms with E-state index in [4.69, 9.17) is 0 Å². The van der Waals surface area contributed by atoms with Gasteiger partial charge in [-0.05, 0) is 18.2 Å². The highest BCUT2D eigenvalue weighted by Crippen LogP contribution is 2.31. The molecule has 14 heavy (non-hydrogen) atoms. The van der Waals surface area contributed by atoms with Crippen molar-refractivity contribution >= 4 is 10.9 Å². The number of aromatic hydroxyl groups is 1. The Balaban J connectivity index is 2.80. The van der Waals surface area contributed by atoms with E-state index in [1.165, 1.54) is 16.7 Å². The van der Waals surface area contributed by atoms with Gasteiger partial charge in [0, 0.05) is 12.4 Å². The lowest BCUT2D eigenvalue weighted by molar-refractivity contribution is 0.143. The number of aromatic nitrogens is 1. The molecule has 0 spiro atoms. The molecule has 0 unspecified atom stereocenters. The Morgan fingerprint density at radius 1 is 1.36 bits per heavy atom. The van der Waals surface area contributed by atoms with E-state index in [1.807, 2.05) is 0 Å². The molecule has 0 aliphatic heterocycles. The van der Waals surface area contributed by atoms with Crippen LogP contribution in [0.2, 0.25) is 0 Å². The van der Waals surface area contributed by atoms with Crippen molar-refractivity contribution in [3.8, 4) is 5.75 Å². The predicted octanol–water partition coefficient (Wildman–Crippen LogP) is 2.82. The fraction of sp³-hybridized carbons (Fsp3) is 0.200. The van der Waals surface area contributed by atoms with Gasteiger partial charge in [0.2, 0.25) is 0 Å². The summed E-state index contributed by atoms with van der Waals surface area (Å²) in [5, 5.41) is 9.90. The summed E-state index contributed by atoms with van der Waals surface area (Å²) in [4.78, 5) is 0. The molecule has 0 aliphatic carbocycles. The second kappa shape index (κ2) is 2.97. The molecule has 0 aliphatic rings. The van der Waals surface area contributed by atoms with E-state index in [-0.39, 0.29) is 11.4 Å². The Morgan fingerprint density at radius 3 is 2.64 bits per heavy atom. The van der Waals surface area contributed by atoms with Crippen molar-refractivity contribution in [1.29, 1.82) is 0 Å². The number of rotatable bonds is 1. The average Bonchev–Trinajstić information content (AvgIpc) is 2.46. The molecule has 0 radical (unpaired) electrons. The monoisotopic (exact) mass is 197 g/mol. The van der Waals surface area contributed by atoms with Crippen LogP contribution in [0.3, 0.4) is 0 Å². The summed E-state index contributed by atoms with van der Waals surface area (Å²) < 4.78 is 26.4. The highest BCUT2D eigenvalue weighted by Gasteiger charge is 2.15. The fourth-order valence-corrected chi connectivity index (χ4v) is 1.57. The number of hydrogen-bond donors (Lipinski definition) is 1. The number of halogens is 2. The van der Waals surface area contributed by atoms with Crippen LogP contribution in [0.4, 0.5) is 8.78 Å². The highest BCUT2D eigenvalue weighted by molar-refractivity contribution is 5.87. The molecule has 4 heteroatoms. The second-order valence-corrected chi connectivity index (χ2v) is 3.14. The third kappa shape index (κ3) is 1.14. The first-order chi connectivity index (χ1) is 6.61. The number of phenolic OH excluding ortho intramolecular Hbond substituents is 1. The van der Waals surface area contributed by atoms with Gasteiger partial charge in [-0.3, -0.25) is 0 Å². The zero-order chi connectivity index (χ0) is 10.3. The molecule has 0 saturated carbocycles. The summed E-state index contributed by atoms with van der Waals surface area (Å²) >= 11 is 0.